The largest absolute Gasteiger partial charge is 0.494 e. The van der Waals surface area contributed by atoms with Crippen LogP contribution in [0.5, 0.6) is 11.5 Å². The summed E-state index contributed by atoms with van der Waals surface area (Å²) in [5.41, 5.74) is 6.84. The molecule has 1 aliphatic carbocycles. The van der Waals surface area contributed by atoms with Crippen LogP contribution in [0.15, 0.2) is 51.5 Å². The molecule has 1 fully saturated rings. The monoisotopic (exact) mass is 714 g/mol. The summed E-state index contributed by atoms with van der Waals surface area (Å²) in [5.74, 6) is -1.87. The maximum absolute atomic E-state index is 15.4. The van der Waals surface area contributed by atoms with Crippen LogP contribution in [0.2, 0.25) is 0 Å². The maximum atomic E-state index is 15.4. The number of carbonyl (C=O) groups is 2. The number of rotatable bonds is 8. The number of pyridine rings is 2. The second-order valence-electron chi connectivity index (χ2n) is 11.0. The average molecular weight is 716 g/mol. The van der Waals surface area contributed by atoms with Crippen molar-refractivity contribution in [3.63, 3.8) is 0 Å². The minimum atomic E-state index is -1.18. The molecule has 1 saturated carbocycles. The molecule has 3 heterocycles. The lowest BCUT2D eigenvalue weighted by Gasteiger charge is -2.22. The molecule has 0 radical (unpaired) electrons. The van der Waals surface area contributed by atoms with E-state index in [1.807, 2.05) is 6.07 Å². The van der Waals surface area contributed by atoms with E-state index in [1.165, 1.54) is 13.2 Å². The molecule has 3 N–H and O–H groups in total. The van der Waals surface area contributed by atoms with Gasteiger partial charge in [-0.15, -0.1) is 0 Å². The van der Waals surface area contributed by atoms with Crippen LogP contribution in [-0.4, -0.2) is 42.0 Å². The summed E-state index contributed by atoms with van der Waals surface area (Å²) >= 11 is 6.39. The summed E-state index contributed by atoms with van der Waals surface area (Å²) in [6.07, 6.45) is 3.49. The van der Waals surface area contributed by atoms with E-state index in [0.717, 1.165) is 28.8 Å². The zero-order valence-electron chi connectivity index (χ0n) is 23.1. The van der Waals surface area contributed by atoms with Crippen LogP contribution >= 0.6 is 31.9 Å². The van der Waals surface area contributed by atoms with Crippen molar-refractivity contribution in [3.8, 4) is 22.8 Å². The van der Waals surface area contributed by atoms with Crippen molar-refractivity contribution in [3.05, 3.63) is 80.0 Å². The third-order valence-corrected chi connectivity index (χ3v) is 9.34. The molecule has 2 amide bonds. The topological polar surface area (TPSA) is 116 Å². The molecule has 43 heavy (non-hydrogen) atoms. The number of nitrogens with two attached hydrogens (primary N) is 1. The minimum Gasteiger partial charge on any atom is -0.494 e. The van der Waals surface area contributed by atoms with Crippen LogP contribution in [0.4, 0.5) is 8.78 Å². The van der Waals surface area contributed by atoms with E-state index >= 15 is 4.39 Å². The van der Waals surface area contributed by atoms with Crippen LogP contribution in [0.1, 0.15) is 47.3 Å². The van der Waals surface area contributed by atoms with Crippen molar-refractivity contribution in [2.75, 3.05) is 20.3 Å². The standard InChI is InChI=1S/C31H26Br2F2N4O4/c1-31(30(36)41)13-43-28-20(31)10-22(39-27(28)18-5-6-21(34)24(33)25(18)35)19(14-3-4-14)12-38-29(40)16-7-15-8-17(32)11-37-26(15)23(9-16)42-2/h5-11,14,19H,3-4,12-13H2,1-2H3,(H2,36,41)(H,38,40)/t19-,31-/m0/s1. The number of nitrogens with zero attached hydrogens (tertiary/aromatic N) is 2. The van der Waals surface area contributed by atoms with Gasteiger partial charge in [-0.05, 0) is 93.9 Å². The highest BCUT2D eigenvalue weighted by Gasteiger charge is 2.45. The van der Waals surface area contributed by atoms with E-state index in [4.69, 9.17) is 20.2 Å². The van der Waals surface area contributed by atoms with Crippen molar-refractivity contribution in [2.24, 2.45) is 11.7 Å². The Kier molecular flexibility index (Phi) is 7.62. The number of halogens is 4. The number of carbonyl (C=O) groups excluding carboxylic acids is 2. The lowest BCUT2D eigenvalue weighted by Crippen LogP contribution is -2.40. The maximum Gasteiger partial charge on any atom is 0.251 e. The molecular formula is C31H26Br2F2N4O4. The number of hydrogen-bond acceptors (Lipinski definition) is 6. The molecule has 0 spiro atoms. The lowest BCUT2D eigenvalue weighted by atomic mass is 9.82. The third-order valence-electron chi connectivity index (χ3n) is 8.18. The Balaban J connectivity index is 1.39. The minimum absolute atomic E-state index is 0.0155. The SMILES string of the molecule is COc1cc(C(=O)NC[C@H](c2cc3c(c(-c4ccc(F)c(Br)c4F)n2)OC[C@]3(C)C(N)=O)C2CC2)cc2cc(Br)cnc12. The van der Waals surface area contributed by atoms with Gasteiger partial charge in [-0.25, -0.2) is 13.8 Å². The summed E-state index contributed by atoms with van der Waals surface area (Å²) in [7, 11) is 1.52. The van der Waals surface area contributed by atoms with Crippen molar-refractivity contribution < 1.29 is 27.8 Å². The molecule has 1 aliphatic heterocycles. The predicted octanol–water partition coefficient (Wildman–Crippen LogP) is 6.17. The normalized spacial score (nSPS) is 18.2. The number of ether oxygens (including phenoxy) is 2. The summed E-state index contributed by atoms with van der Waals surface area (Å²) in [6, 6.07) is 9.43. The van der Waals surface area contributed by atoms with Crippen molar-refractivity contribution >= 4 is 54.6 Å². The number of fused-ring (bicyclic) bond motifs is 2. The summed E-state index contributed by atoms with van der Waals surface area (Å²) in [4.78, 5) is 35.2. The number of primary amides is 1. The van der Waals surface area contributed by atoms with E-state index in [-0.39, 0.29) is 52.4 Å². The molecule has 6 rings (SSSR count). The first-order chi connectivity index (χ1) is 20.5. The highest BCUT2D eigenvalue weighted by molar-refractivity contribution is 9.10. The molecule has 222 valence electrons. The van der Waals surface area contributed by atoms with Gasteiger partial charge >= 0.3 is 0 Å². The lowest BCUT2D eigenvalue weighted by molar-refractivity contribution is -0.123. The number of amides is 2. The van der Waals surface area contributed by atoms with Crippen LogP contribution in [0, 0.1) is 17.6 Å². The fourth-order valence-electron chi connectivity index (χ4n) is 5.48. The second-order valence-corrected chi connectivity index (χ2v) is 12.7. The number of benzene rings is 2. The highest BCUT2D eigenvalue weighted by Crippen LogP contribution is 2.49. The van der Waals surface area contributed by atoms with Crippen molar-refractivity contribution in [1.29, 1.82) is 0 Å². The van der Waals surface area contributed by atoms with Crippen LogP contribution < -0.4 is 20.5 Å². The third kappa shape index (κ3) is 5.24. The van der Waals surface area contributed by atoms with Gasteiger partial charge in [0, 0.05) is 50.9 Å². The first kappa shape index (κ1) is 29.4. The highest BCUT2D eigenvalue weighted by atomic mass is 79.9. The molecule has 0 saturated heterocycles. The van der Waals surface area contributed by atoms with Gasteiger partial charge in [0.1, 0.15) is 46.4 Å². The van der Waals surface area contributed by atoms with Gasteiger partial charge < -0.3 is 20.5 Å². The second kappa shape index (κ2) is 11.1. The number of hydrogen-bond donors (Lipinski definition) is 2. The number of methoxy groups -OCH3 is 1. The quantitative estimate of drug-likeness (QED) is 0.211. The smallest absolute Gasteiger partial charge is 0.251 e. The Labute approximate surface area is 262 Å². The van der Waals surface area contributed by atoms with Gasteiger partial charge in [0.05, 0.1) is 11.6 Å². The van der Waals surface area contributed by atoms with Gasteiger partial charge in [0.2, 0.25) is 5.91 Å². The van der Waals surface area contributed by atoms with Gasteiger partial charge in [0.25, 0.3) is 5.91 Å². The van der Waals surface area contributed by atoms with E-state index in [1.54, 1.807) is 31.3 Å². The molecule has 4 aromatic rings. The van der Waals surface area contributed by atoms with Gasteiger partial charge in [-0.2, -0.15) is 0 Å². The predicted molar refractivity (Wildman–Crippen MR) is 163 cm³/mol. The summed E-state index contributed by atoms with van der Waals surface area (Å²) in [5, 5.41) is 3.76. The van der Waals surface area contributed by atoms with E-state index in [9.17, 15) is 14.0 Å². The fourth-order valence-corrected chi connectivity index (χ4v) is 6.18. The number of aromatic nitrogens is 2. The van der Waals surface area contributed by atoms with Gasteiger partial charge in [0.15, 0.2) is 0 Å². The molecule has 2 aromatic carbocycles. The summed E-state index contributed by atoms with van der Waals surface area (Å²) < 4.78 is 41.3. The van der Waals surface area contributed by atoms with Crippen LogP contribution in [0.25, 0.3) is 22.2 Å². The van der Waals surface area contributed by atoms with Gasteiger partial charge in [-0.1, -0.05) is 0 Å². The molecule has 2 aliphatic rings. The Morgan fingerprint density at radius 3 is 2.67 bits per heavy atom. The molecule has 12 heteroatoms. The zero-order valence-corrected chi connectivity index (χ0v) is 26.3. The first-order valence-electron chi connectivity index (χ1n) is 13.5. The van der Waals surface area contributed by atoms with Crippen LogP contribution in [-0.2, 0) is 10.2 Å². The van der Waals surface area contributed by atoms with Gasteiger partial charge in [-0.3, -0.25) is 14.6 Å². The molecule has 8 nitrogen and oxygen atoms in total. The van der Waals surface area contributed by atoms with E-state index in [0.29, 0.717) is 28.1 Å². The summed E-state index contributed by atoms with van der Waals surface area (Å²) in [6.45, 7) is 1.86. The van der Waals surface area contributed by atoms with Crippen molar-refractivity contribution in [1.82, 2.24) is 15.3 Å². The molecule has 0 bridgehead atoms. The Morgan fingerprint density at radius 2 is 1.98 bits per heavy atom. The molecular weight excluding hydrogens is 690 g/mol. The average Bonchev–Trinajstić information content (AvgIpc) is 3.77. The zero-order chi connectivity index (χ0) is 30.6. The van der Waals surface area contributed by atoms with E-state index in [2.05, 4.69) is 42.2 Å². The number of nitrogens with one attached hydrogen (secondary N) is 1. The molecule has 2 aromatic heterocycles. The Bertz CT molecular complexity index is 1820. The Morgan fingerprint density at radius 1 is 1.21 bits per heavy atom. The molecule has 0 unspecified atom stereocenters. The van der Waals surface area contributed by atoms with Crippen LogP contribution in [0.3, 0.4) is 0 Å². The van der Waals surface area contributed by atoms with E-state index < -0.39 is 23.0 Å². The fraction of sp³-hybridized carbons (Fsp3) is 0.290. The first-order valence-corrected chi connectivity index (χ1v) is 15.1. The molecule has 2 atom stereocenters. The van der Waals surface area contributed by atoms with Crippen molar-refractivity contribution in [2.45, 2.75) is 31.1 Å². The Hall–Kier alpha value is -3.64.